The highest BCUT2D eigenvalue weighted by Crippen LogP contribution is 2.44. The second kappa shape index (κ2) is 4.74. The summed E-state index contributed by atoms with van der Waals surface area (Å²) in [6.07, 6.45) is 0. The van der Waals surface area contributed by atoms with E-state index >= 15 is 0 Å². The molecule has 0 bridgehead atoms. The van der Waals surface area contributed by atoms with Crippen LogP contribution < -0.4 is 5.73 Å². The number of rotatable bonds is 0. The lowest BCUT2D eigenvalue weighted by atomic mass is 10.00. The smallest absolute Gasteiger partial charge is 0.0781 e. The Hall–Kier alpha value is -2.02. The Balaban J connectivity index is 2.32. The molecule has 0 aliphatic carbocycles. The molecule has 2 N–H and O–H groups in total. The fourth-order valence-corrected chi connectivity index (χ4v) is 5.26. The first-order valence-electron chi connectivity index (χ1n) is 7.16. The van der Waals surface area contributed by atoms with Gasteiger partial charge in [0.1, 0.15) is 0 Å². The van der Waals surface area contributed by atoms with Crippen LogP contribution >= 0.6 is 22.7 Å². The number of fused-ring (bicyclic) bond motifs is 6. The van der Waals surface area contributed by atoms with E-state index in [1.165, 1.54) is 35.8 Å². The molecule has 108 valence electrons. The molecule has 2 aromatic carbocycles. The van der Waals surface area contributed by atoms with Crippen molar-refractivity contribution in [1.29, 1.82) is 0 Å². The molecule has 0 aliphatic heterocycles. The van der Waals surface area contributed by atoms with Crippen molar-refractivity contribution in [3.63, 3.8) is 0 Å². The van der Waals surface area contributed by atoms with Gasteiger partial charge in [0.15, 0.2) is 0 Å². The maximum atomic E-state index is 6.17. The molecule has 0 fully saturated rings. The highest BCUT2D eigenvalue weighted by atomic mass is 32.1. The Kier molecular flexibility index (Phi) is 2.94. The normalized spacial score (nSPS) is 11.2. The second-order valence-electron chi connectivity index (χ2n) is 5.58. The standard InChI is InChI=1S/C19H15NS2/c1-4-5-12-8-16-14-9-17(20)10(2)6-13(14)15-7-11(3)21-18(15)19(16)22-12/h6-9H,20H2,1-3H3. The van der Waals surface area contributed by atoms with E-state index < -0.39 is 0 Å². The molecule has 22 heavy (non-hydrogen) atoms. The van der Waals surface area contributed by atoms with Gasteiger partial charge in [0.05, 0.1) is 14.3 Å². The van der Waals surface area contributed by atoms with Crippen LogP contribution in [-0.2, 0) is 0 Å². The minimum Gasteiger partial charge on any atom is -0.398 e. The summed E-state index contributed by atoms with van der Waals surface area (Å²) in [5.74, 6) is 6.21. The molecule has 3 heteroatoms. The molecule has 0 saturated heterocycles. The number of hydrogen-bond donors (Lipinski definition) is 1. The zero-order valence-corrected chi connectivity index (χ0v) is 14.3. The highest BCUT2D eigenvalue weighted by molar-refractivity contribution is 7.27. The molecule has 2 heterocycles. The SMILES string of the molecule is CC#Cc1cc2c3cc(N)c(C)cc3c3cc(C)sc3c2s1. The van der Waals surface area contributed by atoms with Gasteiger partial charge < -0.3 is 5.73 Å². The molecule has 0 saturated carbocycles. The molecule has 0 radical (unpaired) electrons. The van der Waals surface area contributed by atoms with Gasteiger partial charge in [0.25, 0.3) is 0 Å². The summed E-state index contributed by atoms with van der Waals surface area (Å²) in [5, 5.41) is 5.15. The van der Waals surface area contributed by atoms with E-state index in [0.29, 0.717) is 0 Å². The lowest BCUT2D eigenvalue weighted by molar-refractivity contribution is 1.51. The van der Waals surface area contributed by atoms with E-state index in [0.717, 1.165) is 16.1 Å². The third-order valence-corrected chi connectivity index (χ3v) is 6.29. The number of thiophene rings is 2. The number of anilines is 1. The number of benzene rings is 2. The Morgan fingerprint density at radius 3 is 2.32 bits per heavy atom. The van der Waals surface area contributed by atoms with Crippen molar-refractivity contribution in [2.75, 3.05) is 5.73 Å². The highest BCUT2D eigenvalue weighted by Gasteiger charge is 2.14. The largest absolute Gasteiger partial charge is 0.398 e. The van der Waals surface area contributed by atoms with E-state index in [4.69, 9.17) is 5.73 Å². The molecule has 2 aromatic heterocycles. The molecule has 0 unspecified atom stereocenters. The summed E-state index contributed by atoms with van der Waals surface area (Å²) < 4.78 is 2.71. The van der Waals surface area contributed by atoms with Gasteiger partial charge in [-0.2, -0.15) is 0 Å². The van der Waals surface area contributed by atoms with Crippen LogP contribution in [0.4, 0.5) is 5.69 Å². The van der Waals surface area contributed by atoms with Crippen LogP contribution in [0.5, 0.6) is 0 Å². The second-order valence-corrected chi connectivity index (χ2v) is 7.89. The van der Waals surface area contributed by atoms with Crippen molar-refractivity contribution in [1.82, 2.24) is 0 Å². The first-order valence-corrected chi connectivity index (χ1v) is 8.80. The van der Waals surface area contributed by atoms with Crippen molar-refractivity contribution in [2.45, 2.75) is 20.8 Å². The molecule has 4 rings (SSSR count). The van der Waals surface area contributed by atoms with Crippen LogP contribution in [0.2, 0.25) is 0 Å². The van der Waals surface area contributed by atoms with E-state index in [9.17, 15) is 0 Å². The Bertz CT molecular complexity index is 1120. The van der Waals surface area contributed by atoms with Gasteiger partial charge in [-0.25, -0.2) is 0 Å². The molecule has 0 spiro atoms. The lowest BCUT2D eigenvalue weighted by Gasteiger charge is -2.07. The Morgan fingerprint density at radius 2 is 1.55 bits per heavy atom. The van der Waals surface area contributed by atoms with Gasteiger partial charge in [0, 0.05) is 21.3 Å². The molecular formula is C19H15NS2. The average Bonchev–Trinajstić information content (AvgIpc) is 3.05. The van der Waals surface area contributed by atoms with Gasteiger partial charge in [-0.15, -0.1) is 28.6 Å². The van der Waals surface area contributed by atoms with Crippen molar-refractivity contribution in [3.8, 4) is 11.8 Å². The predicted octanol–water partition coefficient (Wildman–Crippen LogP) is 5.84. The van der Waals surface area contributed by atoms with E-state index in [1.54, 1.807) is 11.3 Å². The Labute approximate surface area is 137 Å². The average molecular weight is 321 g/mol. The minimum atomic E-state index is 0.856. The minimum absolute atomic E-state index is 0.856. The quantitative estimate of drug-likeness (QED) is 0.319. The lowest BCUT2D eigenvalue weighted by Crippen LogP contribution is -1.89. The summed E-state index contributed by atoms with van der Waals surface area (Å²) in [6.45, 7) is 6.13. The summed E-state index contributed by atoms with van der Waals surface area (Å²) >= 11 is 3.65. The fraction of sp³-hybridized carbons (Fsp3) is 0.158. The Morgan fingerprint density at radius 1 is 0.864 bits per heavy atom. The predicted molar refractivity (Wildman–Crippen MR) is 101 cm³/mol. The zero-order valence-electron chi connectivity index (χ0n) is 12.7. The van der Waals surface area contributed by atoms with Crippen LogP contribution in [0.1, 0.15) is 22.2 Å². The maximum Gasteiger partial charge on any atom is 0.0781 e. The number of nitrogens with two attached hydrogens (primary N) is 1. The van der Waals surface area contributed by atoms with E-state index in [1.807, 2.05) is 18.3 Å². The van der Waals surface area contributed by atoms with Crippen molar-refractivity contribution < 1.29 is 0 Å². The number of nitrogen functional groups attached to an aromatic ring is 1. The summed E-state index contributed by atoms with van der Waals surface area (Å²) in [5.41, 5.74) is 8.17. The zero-order chi connectivity index (χ0) is 15.4. The molecule has 1 nitrogen and oxygen atoms in total. The first-order chi connectivity index (χ1) is 10.6. The van der Waals surface area contributed by atoms with Crippen molar-refractivity contribution >= 4 is 59.3 Å². The van der Waals surface area contributed by atoms with Crippen LogP contribution in [0.15, 0.2) is 24.3 Å². The van der Waals surface area contributed by atoms with Crippen LogP contribution in [0.25, 0.3) is 30.9 Å². The first kappa shape index (κ1) is 13.6. The molecule has 0 amide bonds. The van der Waals surface area contributed by atoms with Crippen molar-refractivity contribution in [3.05, 3.63) is 39.6 Å². The van der Waals surface area contributed by atoms with Gasteiger partial charge in [-0.1, -0.05) is 5.92 Å². The van der Waals surface area contributed by atoms with Gasteiger partial charge in [0.2, 0.25) is 0 Å². The van der Waals surface area contributed by atoms with Crippen LogP contribution in [0, 0.1) is 25.7 Å². The topological polar surface area (TPSA) is 26.0 Å². The third kappa shape index (κ3) is 1.85. The number of aryl methyl sites for hydroxylation is 2. The molecule has 4 aromatic rings. The van der Waals surface area contributed by atoms with Crippen molar-refractivity contribution in [2.24, 2.45) is 0 Å². The summed E-state index contributed by atoms with van der Waals surface area (Å²) in [4.78, 5) is 2.46. The van der Waals surface area contributed by atoms with Crippen LogP contribution in [0.3, 0.4) is 0 Å². The van der Waals surface area contributed by atoms with Gasteiger partial charge in [-0.3, -0.25) is 0 Å². The molecule has 0 atom stereocenters. The van der Waals surface area contributed by atoms with Gasteiger partial charge >= 0.3 is 0 Å². The van der Waals surface area contributed by atoms with E-state index in [-0.39, 0.29) is 0 Å². The van der Waals surface area contributed by atoms with Gasteiger partial charge in [-0.05, 0) is 61.4 Å². The third-order valence-electron chi connectivity index (χ3n) is 4.03. The van der Waals surface area contributed by atoms with E-state index in [2.05, 4.69) is 50.0 Å². The van der Waals surface area contributed by atoms with Crippen LogP contribution in [-0.4, -0.2) is 0 Å². The maximum absolute atomic E-state index is 6.17. The number of hydrogen-bond acceptors (Lipinski definition) is 3. The molecular weight excluding hydrogens is 306 g/mol. The summed E-state index contributed by atoms with van der Waals surface area (Å²) in [6, 6.07) is 8.85. The molecule has 0 aliphatic rings. The fourth-order valence-electron chi connectivity index (χ4n) is 3.00. The monoisotopic (exact) mass is 321 g/mol. The summed E-state index contributed by atoms with van der Waals surface area (Å²) in [7, 11) is 0.